The van der Waals surface area contributed by atoms with Gasteiger partial charge in [0.05, 0.1) is 5.02 Å². The van der Waals surface area contributed by atoms with E-state index in [-0.39, 0.29) is 0 Å². The minimum atomic E-state index is -0.589. The average Bonchev–Trinajstić information content (AvgIpc) is 2.75. The molecule has 2 aromatic carbocycles. The van der Waals surface area contributed by atoms with Crippen LogP contribution in [-0.4, -0.2) is 17.1 Å². The summed E-state index contributed by atoms with van der Waals surface area (Å²) in [6.07, 6.45) is 5.74. The summed E-state index contributed by atoms with van der Waals surface area (Å²) in [6.45, 7) is 0.304. The Balaban J connectivity index is 1.48. The predicted molar refractivity (Wildman–Crippen MR) is 122 cm³/mol. The first-order chi connectivity index (χ1) is 15.0. The molecule has 31 heavy (non-hydrogen) atoms. The van der Waals surface area contributed by atoms with E-state index in [1.165, 1.54) is 12.1 Å². The third kappa shape index (κ3) is 5.71. The van der Waals surface area contributed by atoms with E-state index >= 15 is 0 Å². The zero-order valence-electron chi connectivity index (χ0n) is 17.0. The molecule has 162 valence electrons. The number of nitrogens with two attached hydrogens (primary N) is 1. The number of hydrogen-bond donors (Lipinski definition) is 3. The van der Waals surface area contributed by atoms with Crippen LogP contribution in [0.3, 0.4) is 0 Å². The molecule has 4 N–H and O–H groups in total. The van der Waals surface area contributed by atoms with Crippen molar-refractivity contribution in [1.29, 1.82) is 0 Å². The Bertz CT molecular complexity index is 1030. The molecular weight excluding hydrogens is 418 g/mol. The van der Waals surface area contributed by atoms with Crippen molar-refractivity contribution in [2.24, 2.45) is 5.73 Å². The summed E-state index contributed by atoms with van der Waals surface area (Å²) >= 11 is 6.44. The van der Waals surface area contributed by atoms with Gasteiger partial charge < -0.3 is 16.4 Å². The molecular formula is C24H25ClF2N4. The van der Waals surface area contributed by atoms with Crippen LogP contribution in [0.15, 0.2) is 54.7 Å². The van der Waals surface area contributed by atoms with Crippen LogP contribution in [0.25, 0.3) is 11.1 Å². The van der Waals surface area contributed by atoms with E-state index < -0.39 is 11.6 Å². The molecule has 0 spiro atoms. The number of benzene rings is 2. The van der Waals surface area contributed by atoms with Crippen molar-refractivity contribution < 1.29 is 8.78 Å². The Morgan fingerprint density at radius 2 is 1.74 bits per heavy atom. The van der Waals surface area contributed by atoms with Gasteiger partial charge >= 0.3 is 0 Å². The number of halogens is 3. The maximum absolute atomic E-state index is 13.4. The number of anilines is 2. The van der Waals surface area contributed by atoms with E-state index in [1.807, 2.05) is 30.3 Å². The summed E-state index contributed by atoms with van der Waals surface area (Å²) in [4.78, 5) is 4.43. The molecule has 1 heterocycles. The van der Waals surface area contributed by atoms with E-state index in [4.69, 9.17) is 17.3 Å². The summed E-state index contributed by atoms with van der Waals surface area (Å²) in [5, 5.41) is 7.26. The number of pyridine rings is 1. The maximum atomic E-state index is 13.4. The van der Waals surface area contributed by atoms with Crippen LogP contribution < -0.4 is 16.4 Å². The fourth-order valence-electron chi connectivity index (χ4n) is 3.93. The zero-order chi connectivity index (χ0) is 21.8. The Morgan fingerprint density at radius 3 is 2.48 bits per heavy atom. The van der Waals surface area contributed by atoms with Crippen molar-refractivity contribution >= 4 is 23.1 Å². The first kappa shape index (κ1) is 21.5. The van der Waals surface area contributed by atoms with Crippen molar-refractivity contribution in [1.82, 2.24) is 4.98 Å². The van der Waals surface area contributed by atoms with Crippen LogP contribution in [0.4, 0.5) is 20.3 Å². The molecule has 1 aromatic heterocycles. The van der Waals surface area contributed by atoms with Gasteiger partial charge in [0.15, 0.2) is 0 Å². The largest absolute Gasteiger partial charge is 0.381 e. The lowest BCUT2D eigenvalue weighted by Gasteiger charge is -2.27. The Kier molecular flexibility index (Phi) is 6.68. The molecule has 0 radical (unpaired) electrons. The average molecular weight is 443 g/mol. The summed E-state index contributed by atoms with van der Waals surface area (Å²) in [6, 6.07) is 13.9. The third-order valence-electron chi connectivity index (χ3n) is 5.57. The highest BCUT2D eigenvalue weighted by Crippen LogP contribution is 2.32. The highest BCUT2D eigenvalue weighted by atomic mass is 35.5. The monoisotopic (exact) mass is 442 g/mol. The maximum Gasteiger partial charge on any atom is 0.126 e. The topological polar surface area (TPSA) is 63.0 Å². The van der Waals surface area contributed by atoms with Crippen LogP contribution in [0.2, 0.25) is 5.02 Å². The van der Waals surface area contributed by atoms with Gasteiger partial charge in [-0.2, -0.15) is 0 Å². The van der Waals surface area contributed by atoms with Crippen LogP contribution in [-0.2, 0) is 6.54 Å². The second kappa shape index (κ2) is 9.62. The third-order valence-corrected chi connectivity index (χ3v) is 5.87. The summed E-state index contributed by atoms with van der Waals surface area (Å²) < 4.78 is 26.8. The number of nitrogens with zero attached hydrogens (tertiary/aromatic N) is 1. The summed E-state index contributed by atoms with van der Waals surface area (Å²) in [7, 11) is 0. The van der Waals surface area contributed by atoms with Gasteiger partial charge in [0.25, 0.3) is 0 Å². The van der Waals surface area contributed by atoms with E-state index in [0.717, 1.165) is 54.4 Å². The van der Waals surface area contributed by atoms with Gasteiger partial charge in [-0.25, -0.2) is 13.8 Å². The molecule has 1 aliphatic carbocycles. The van der Waals surface area contributed by atoms with Crippen molar-refractivity contribution in [3.05, 3.63) is 76.9 Å². The molecule has 0 atom stereocenters. The SMILES string of the molecule is NC1CCC(Nc2cc(-c3cccc(NCc4cc(F)cc(F)c4)c3)c(Cl)cn2)CC1. The Morgan fingerprint density at radius 1 is 1.00 bits per heavy atom. The standard InChI is InChI=1S/C24H25ClF2N4/c25-23-14-30-24(31-20-6-4-19(28)5-7-20)12-22(23)16-2-1-3-21(10-16)29-13-15-8-17(26)11-18(27)9-15/h1-3,8-12,14,19-20,29H,4-7,13,28H2,(H,30,31). The highest BCUT2D eigenvalue weighted by molar-refractivity contribution is 6.33. The van der Waals surface area contributed by atoms with Gasteiger partial charge in [0.1, 0.15) is 17.5 Å². The lowest BCUT2D eigenvalue weighted by Crippen LogP contribution is -2.33. The molecule has 4 rings (SSSR count). The van der Waals surface area contributed by atoms with Crippen molar-refractivity contribution in [2.75, 3.05) is 10.6 Å². The van der Waals surface area contributed by atoms with Gasteiger partial charge in [-0.05, 0) is 67.1 Å². The molecule has 0 unspecified atom stereocenters. The van der Waals surface area contributed by atoms with Gasteiger partial charge in [0.2, 0.25) is 0 Å². The predicted octanol–water partition coefficient (Wildman–Crippen LogP) is 5.97. The van der Waals surface area contributed by atoms with Crippen LogP contribution in [0.5, 0.6) is 0 Å². The second-order valence-electron chi connectivity index (χ2n) is 8.02. The minimum Gasteiger partial charge on any atom is -0.381 e. The van der Waals surface area contributed by atoms with E-state index in [0.29, 0.717) is 29.2 Å². The highest BCUT2D eigenvalue weighted by Gasteiger charge is 2.19. The normalized spacial score (nSPS) is 18.6. The number of nitrogens with one attached hydrogen (secondary N) is 2. The molecule has 7 heteroatoms. The molecule has 0 aliphatic heterocycles. The van der Waals surface area contributed by atoms with Crippen LogP contribution in [0.1, 0.15) is 31.2 Å². The fraction of sp³-hybridized carbons (Fsp3) is 0.292. The number of rotatable bonds is 6. The quantitative estimate of drug-likeness (QED) is 0.439. The van der Waals surface area contributed by atoms with E-state index in [2.05, 4.69) is 15.6 Å². The molecule has 0 bridgehead atoms. The van der Waals surface area contributed by atoms with Gasteiger partial charge in [-0.3, -0.25) is 0 Å². The second-order valence-corrected chi connectivity index (χ2v) is 8.42. The van der Waals surface area contributed by atoms with Gasteiger partial charge in [0, 0.05) is 42.1 Å². The summed E-state index contributed by atoms with van der Waals surface area (Å²) in [5.41, 5.74) is 9.15. The van der Waals surface area contributed by atoms with Gasteiger partial charge in [-0.15, -0.1) is 0 Å². The van der Waals surface area contributed by atoms with E-state index in [9.17, 15) is 8.78 Å². The Labute approximate surface area is 185 Å². The smallest absolute Gasteiger partial charge is 0.126 e. The molecule has 1 aliphatic rings. The fourth-order valence-corrected chi connectivity index (χ4v) is 4.14. The van der Waals surface area contributed by atoms with Crippen LogP contribution in [0, 0.1) is 11.6 Å². The van der Waals surface area contributed by atoms with Crippen molar-refractivity contribution in [3.63, 3.8) is 0 Å². The first-order valence-corrected chi connectivity index (χ1v) is 10.8. The van der Waals surface area contributed by atoms with E-state index in [1.54, 1.807) is 6.20 Å². The number of hydrogen-bond acceptors (Lipinski definition) is 4. The zero-order valence-corrected chi connectivity index (χ0v) is 17.8. The molecule has 1 fully saturated rings. The molecule has 3 aromatic rings. The van der Waals surface area contributed by atoms with Crippen LogP contribution >= 0.6 is 11.6 Å². The molecule has 1 saturated carbocycles. The molecule has 0 amide bonds. The van der Waals surface area contributed by atoms with Crippen molar-refractivity contribution in [2.45, 2.75) is 44.3 Å². The van der Waals surface area contributed by atoms with Gasteiger partial charge in [-0.1, -0.05) is 23.7 Å². The molecule has 4 nitrogen and oxygen atoms in total. The first-order valence-electron chi connectivity index (χ1n) is 10.4. The minimum absolute atomic E-state index is 0.297. The molecule has 0 saturated heterocycles. The lowest BCUT2D eigenvalue weighted by molar-refractivity contribution is 0.410. The number of aromatic nitrogens is 1. The van der Waals surface area contributed by atoms with Crippen molar-refractivity contribution in [3.8, 4) is 11.1 Å². The summed E-state index contributed by atoms with van der Waals surface area (Å²) in [5.74, 6) is -0.392. The Hall–Kier alpha value is -2.70. The lowest BCUT2D eigenvalue weighted by atomic mass is 9.92.